The third-order valence-electron chi connectivity index (χ3n) is 3.18. The molecule has 2 N–H and O–H groups in total. The highest BCUT2D eigenvalue weighted by atomic mass is 19.1. The molecule has 1 aromatic rings. The smallest absolute Gasteiger partial charge is 0.255 e. The Morgan fingerprint density at radius 3 is 2.78 bits per heavy atom. The Kier molecular flexibility index (Phi) is 4.25. The number of benzene rings is 1. The molecule has 18 heavy (non-hydrogen) atoms. The van der Waals surface area contributed by atoms with Gasteiger partial charge in [-0.15, -0.1) is 0 Å². The van der Waals surface area contributed by atoms with Gasteiger partial charge in [-0.2, -0.15) is 0 Å². The highest BCUT2D eigenvalue weighted by Crippen LogP contribution is 2.29. The monoisotopic (exact) mass is 254 g/mol. The first-order valence-electron chi connectivity index (χ1n) is 6.06. The SMILES string of the molecule is O=C(CF)Nc1ccc(F)c(C2CCNCC2)c1. The molecule has 1 aliphatic rings. The number of hydrogen-bond donors (Lipinski definition) is 2. The number of alkyl halides is 1. The van der Waals surface area contributed by atoms with Crippen LogP contribution < -0.4 is 10.6 Å². The van der Waals surface area contributed by atoms with Crippen LogP contribution in [0.3, 0.4) is 0 Å². The Bertz CT molecular complexity index is 431. The predicted molar refractivity (Wildman–Crippen MR) is 65.8 cm³/mol. The van der Waals surface area contributed by atoms with Crippen molar-refractivity contribution in [2.45, 2.75) is 18.8 Å². The van der Waals surface area contributed by atoms with E-state index in [1.54, 1.807) is 6.07 Å². The lowest BCUT2D eigenvalue weighted by Crippen LogP contribution is -2.27. The van der Waals surface area contributed by atoms with Crippen LogP contribution in [0, 0.1) is 5.82 Å². The first kappa shape index (κ1) is 13.0. The molecular weight excluding hydrogens is 238 g/mol. The van der Waals surface area contributed by atoms with Crippen LogP contribution in [0.25, 0.3) is 0 Å². The van der Waals surface area contributed by atoms with Crippen molar-refractivity contribution in [1.29, 1.82) is 0 Å². The molecular formula is C13H16F2N2O. The second-order valence-electron chi connectivity index (χ2n) is 4.44. The van der Waals surface area contributed by atoms with Crippen molar-refractivity contribution in [1.82, 2.24) is 5.32 Å². The topological polar surface area (TPSA) is 41.1 Å². The zero-order chi connectivity index (χ0) is 13.0. The minimum atomic E-state index is -1.07. The molecule has 0 radical (unpaired) electrons. The molecule has 98 valence electrons. The summed E-state index contributed by atoms with van der Waals surface area (Å²) in [5, 5.41) is 5.62. The Labute approximate surface area is 105 Å². The molecule has 1 amide bonds. The van der Waals surface area contributed by atoms with E-state index in [1.165, 1.54) is 12.1 Å². The molecule has 3 nitrogen and oxygen atoms in total. The maximum atomic E-state index is 13.8. The number of amides is 1. The lowest BCUT2D eigenvalue weighted by Gasteiger charge is -2.23. The van der Waals surface area contributed by atoms with Crippen LogP contribution in [0.2, 0.25) is 0 Å². The minimum Gasteiger partial charge on any atom is -0.324 e. The number of anilines is 1. The van der Waals surface area contributed by atoms with Crippen LogP contribution >= 0.6 is 0 Å². The maximum Gasteiger partial charge on any atom is 0.255 e. The van der Waals surface area contributed by atoms with Crippen LogP contribution in [0.5, 0.6) is 0 Å². The van der Waals surface area contributed by atoms with E-state index in [2.05, 4.69) is 10.6 Å². The van der Waals surface area contributed by atoms with Crippen molar-refractivity contribution < 1.29 is 13.6 Å². The summed E-state index contributed by atoms with van der Waals surface area (Å²) in [6.45, 7) is 0.663. The molecule has 0 atom stereocenters. The molecule has 1 saturated heterocycles. The number of halogens is 2. The number of nitrogens with one attached hydrogen (secondary N) is 2. The van der Waals surface area contributed by atoms with E-state index in [0.717, 1.165) is 25.9 Å². The summed E-state index contributed by atoms with van der Waals surface area (Å²) >= 11 is 0. The van der Waals surface area contributed by atoms with E-state index >= 15 is 0 Å². The normalized spacial score (nSPS) is 16.6. The standard InChI is InChI=1S/C13H16F2N2O/c14-8-13(18)17-10-1-2-12(15)11(7-10)9-3-5-16-6-4-9/h1-2,7,9,16H,3-6,8H2,(H,17,18). The van der Waals surface area contributed by atoms with Gasteiger partial charge in [-0.1, -0.05) is 0 Å². The molecule has 0 aromatic heterocycles. The molecule has 2 rings (SSSR count). The van der Waals surface area contributed by atoms with Crippen LogP contribution in [0.4, 0.5) is 14.5 Å². The summed E-state index contributed by atoms with van der Waals surface area (Å²) in [7, 11) is 0. The van der Waals surface area contributed by atoms with Gasteiger partial charge in [-0.05, 0) is 55.6 Å². The average molecular weight is 254 g/mol. The zero-order valence-corrected chi connectivity index (χ0v) is 10.0. The summed E-state index contributed by atoms with van der Waals surface area (Å²) in [4.78, 5) is 11.0. The van der Waals surface area contributed by atoms with Crippen molar-refractivity contribution in [3.05, 3.63) is 29.6 Å². The van der Waals surface area contributed by atoms with Gasteiger partial charge in [-0.3, -0.25) is 4.79 Å². The first-order valence-corrected chi connectivity index (χ1v) is 6.06. The fourth-order valence-electron chi connectivity index (χ4n) is 2.26. The molecule has 1 heterocycles. The largest absolute Gasteiger partial charge is 0.324 e. The highest BCUT2D eigenvalue weighted by molar-refractivity contribution is 5.91. The van der Waals surface area contributed by atoms with Crippen molar-refractivity contribution >= 4 is 11.6 Å². The second-order valence-corrected chi connectivity index (χ2v) is 4.44. The third-order valence-corrected chi connectivity index (χ3v) is 3.18. The number of hydrogen-bond acceptors (Lipinski definition) is 2. The fourth-order valence-corrected chi connectivity index (χ4v) is 2.26. The van der Waals surface area contributed by atoms with Gasteiger partial charge in [0.15, 0.2) is 6.67 Å². The lowest BCUT2D eigenvalue weighted by atomic mass is 9.89. The van der Waals surface area contributed by atoms with Crippen molar-refractivity contribution in [3.63, 3.8) is 0 Å². The Hall–Kier alpha value is -1.49. The number of carbonyl (C=O) groups is 1. The third kappa shape index (κ3) is 3.04. The predicted octanol–water partition coefficient (Wildman–Crippen LogP) is 2.20. The molecule has 0 unspecified atom stereocenters. The van der Waals surface area contributed by atoms with Gasteiger partial charge in [0.1, 0.15) is 5.82 Å². The minimum absolute atomic E-state index is 0.161. The van der Waals surface area contributed by atoms with Gasteiger partial charge in [0, 0.05) is 5.69 Å². The highest BCUT2D eigenvalue weighted by Gasteiger charge is 2.19. The van der Waals surface area contributed by atoms with Crippen LogP contribution in [-0.2, 0) is 4.79 Å². The van der Waals surface area contributed by atoms with Crippen molar-refractivity contribution in [2.75, 3.05) is 25.1 Å². The Morgan fingerprint density at radius 1 is 1.39 bits per heavy atom. The number of rotatable bonds is 3. The summed E-state index contributed by atoms with van der Waals surface area (Å²) in [5.41, 5.74) is 1.06. The van der Waals surface area contributed by atoms with Gasteiger partial charge in [0.05, 0.1) is 0 Å². The van der Waals surface area contributed by atoms with Crippen molar-refractivity contribution in [2.24, 2.45) is 0 Å². The van der Waals surface area contributed by atoms with E-state index in [9.17, 15) is 13.6 Å². The number of carbonyl (C=O) groups excluding carboxylic acids is 1. The molecule has 5 heteroatoms. The fraction of sp³-hybridized carbons (Fsp3) is 0.462. The molecule has 1 aliphatic heterocycles. The van der Waals surface area contributed by atoms with Gasteiger partial charge >= 0.3 is 0 Å². The molecule has 1 fully saturated rings. The summed E-state index contributed by atoms with van der Waals surface area (Å²) in [5.74, 6) is -0.813. The summed E-state index contributed by atoms with van der Waals surface area (Å²) in [6.07, 6.45) is 1.74. The Balaban J connectivity index is 2.17. The molecule has 0 aliphatic carbocycles. The van der Waals surface area contributed by atoms with E-state index in [1.807, 2.05) is 0 Å². The van der Waals surface area contributed by atoms with Gasteiger partial charge < -0.3 is 10.6 Å². The van der Waals surface area contributed by atoms with Crippen LogP contribution in [0.15, 0.2) is 18.2 Å². The second kappa shape index (κ2) is 5.91. The van der Waals surface area contributed by atoms with Gasteiger partial charge in [-0.25, -0.2) is 8.78 Å². The molecule has 0 saturated carbocycles. The number of piperidine rings is 1. The quantitative estimate of drug-likeness (QED) is 0.868. The van der Waals surface area contributed by atoms with Crippen LogP contribution in [0.1, 0.15) is 24.3 Å². The molecule has 0 spiro atoms. The lowest BCUT2D eigenvalue weighted by molar-refractivity contribution is -0.117. The molecule has 1 aromatic carbocycles. The van der Waals surface area contributed by atoms with E-state index in [0.29, 0.717) is 11.3 Å². The van der Waals surface area contributed by atoms with E-state index in [4.69, 9.17) is 0 Å². The Morgan fingerprint density at radius 2 is 2.11 bits per heavy atom. The van der Waals surface area contributed by atoms with Crippen molar-refractivity contribution in [3.8, 4) is 0 Å². The zero-order valence-electron chi connectivity index (χ0n) is 10.0. The van der Waals surface area contributed by atoms with Crippen LogP contribution in [-0.4, -0.2) is 25.7 Å². The average Bonchev–Trinajstić information content (AvgIpc) is 2.42. The van der Waals surface area contributed by atoms with Gasteiger partial charge in [0.25, 0.3) is 5.91 Å². The first-order chi connectivity index (χ1) is 8.70. The van der Waals surface area contributed by atoms with E-state index < -0.39 is 12.6 Å². The summed E-state index contributed by atoms with van der Waals surface area (Å²) < 4.78 is 25.9. The molecule has 0 bridgehead atoms. The van der Waals surface area contributed by atoms with E-state index in [-0.39, 0.29) is 11.7 Å². The maximum absolute atomic E-state index is 13.8. The van der Waals surface area contributed by atoms with Gasteiger partial charge in [0.2, 0.25) is 0 Å². The summed E-state index contributed by atoms with van der Waals surface area (Å²) in [6, 6.07) is 4.39.